The average molecular weight is 906 g/mol. The molecule has 3 atom stereocenters. The fraction of sp³-hybridized carbons (Fsp3) is 0.378. The van der Waals surface area contributed by atoms with E-state index in [1.807, 2.05) is 45.9 Å². The molecule has 2 unspecified atom stereocenters. The Bertz CT molecular complexity index is 2970. The van der Waals surface area contributed by atoms with Gasteiger partial charge in [0.1, 0.15) is 11.6 Å². The van der Waals surface area contributed by atoms with E-state index in [-0.39, 0.29) is 60.7 Å². The third kappa shape index (κ3) is 8.75. The lowest BCUT2D eigenvalue weighted by Crippen LogP contribution is -2.30. The van der Waals surface area contributed by atoms with Gasteiger partial charge in [-0.1, -0.05) is 51.0 Å². The van der Waals surface area contributed by atoms with E-state index in [2.05, 4.69) is 0 Å². The zero-order chi connectivity index (χ0) is 44.9. The van der Waals surface area contributed by atoms with Crippen LogP contribution < -0.4 is 0 Å². The predicted molar refractivity (Wildman–Crippen MR) is 232 cm³/mol. The van der Waals surface area contributed by atoms with Gasteiger partial charge in [0.05, 0.1) is 67.3 Å². The molecule has 3 aromatic heterocycles. The second kappa shape index (κ2) is 16.9. The van der Waals surface area contributed by atoms with Crippen molar-refractivity contribution in [1.29, 1.82) is 0 Å². The maximum Gasteiger partial charge on any atom is 0.308 e. The number of ether oxygens (including phenoxy) is 1. The summed E-state index contributed by atoms with van der Waals surface area (Å²) >= 11 is 0. The van der Waals surface area contributed by atoms with Gasteiger partial charge in [0.2, 0.25) is 0 Å². The standard InChI is InChI=1S/C45H49F2N5O7S3/c1-28-12-15-32(16-13-28)62(57,58)52-22-18-33-34-19-23-61(55,56)27-44(3,4)20-9-21-45(5,39-11-8-10-30(48-39)24-29(2)42(53)59-7)43-49-41(51(6)50-43)35-25-31(14-17-36(35)46)60(54)40(34)37(47)26-38(33)52/h8,10-18,22,25-26,29H,9,19-21,23-24,27H2,1-7H3/t29-,45?,60?/m0/s1. The third-order valence-corrected chi connectivity index (χ3v) is 16.9. The minimum atomic E-state index is -4.23. The number of halogens is 2. The first-order valence-corrected chi connectivity index (χ1v) is 24.6. The molecular formula is C45H49F2N5O7S3. The molecule has 7 rings (SSSR count). The van der Waals surface area contributed by atoms with Crippen molar-refractivity contribution in [3.8, 4) is 11.4 Å². The number of aryl methyl sites for hydroxylation is 3. The van der Waals surface area contributed by atoms with Crippen LogP contribution in [0.2, 0.25) is 0 Å². The van der Waals surface area contributed by atoms with E-state index in [0.29, 0.717) is 42.9 Å². The first kappa shape index (κ1) is 44.9. The molecule has 0 fully saturated rings. The molecule has 62 heavy (non-hydrogen) atoms. The number of carbonyl (C=O) groups excluding carboxylic acids is 1. The number of fused-ring (bicyclic) bond motifs is 8. The van der Waals surface area contributed by atoms with E-state index < -0.39 is 64.8 Å². The van der Waals surface area contributed by atoms with Gasteiger partial charge in [0.25, 0.3) is 10.0 Å². The molecule has 12 nitrogen and oxygen atoms in total. The lowest BCUT2D eigenvalue weighted by Gasteiger charge is -2.30. The summed E-state index contributed by atoms with van der Waals surface area (Å²) in [7, 11) is -7.51. The van der Waals surface area contributed by atoms with Crippen LogP contribution in [-0.4, -0.2) is 69.4 Å². The van der Waals surface area contributed by atoms with Crippen molar-refractivity contribution in [3.63, 3.8) is 0 Å². The van der Waals surface area contributed by atoms with Gasteiger partial charge in [0.15, 0.2) is 21.5 Å². The summed E-state index contributed by atoms with van der Waals surface area (Å²) in [6.07, 6.45) is 2.69. The Kier molecular flexibility index (Phi) is 12.2. The normalized spacial score (nSPS) is 19.9. The van der Waals surface area contributed by atoms with Crippen LogP contribution in [0, 0.1) is 29.9 Å². The van der Waals surface area contributed by atoms with Crippen molar-refractivity contribution in [2.24, 2.45) is 18.4 Å². The van der Waals surface area contributed by atoms with Gasteiger partial charge >= 0.3 is 5.97 Å². The Labute approximate surface area is 363 Å². The maximum absolute atomic E-state index is 16.7. The van der Waals surface area contributed by atoms with E-state index in [0.717, 1.165) is 21.7 Å². The molecule has 0 amide bonds. The highest BCUT2D eigenvalue weighted by atomic mass is 32.2. The average Bonchev–Trinajstić information content (AvgIpc) is 3.83. The molecule has 0 spiro atoms. The summed E-state index contributed by atoms with van der Waals surface area (Å²) < 4.78 is 110. The van der Waals surface area contributed by atoms with Crippen molar-refractivity contribution >= 4 is 47.5 Å². The summed E-state index contributed by atoms with van der Waals surface area (Å²) in [5.74, 6) is -2.80. The summed E-state index contributed by atoms with van der Waals surface area (Å²) in [6, 6.07) is 17.8. The largest absolute Gasteiger partial charge is 0.469 e. The van der Waals surface area contributed by atoms with Gasteiger partial charge in [-0.15, -0.1) is 0 Å². The van der Waals surface area contributed by atoms with E-state index in [4.69, 9.17) is 19.8 Å². The minimum Gasteiger partial charge on any atom is -0.469 e. The lowest BCUT2D eigenvalue weighted by atomic mass is 9.78. The molecule has 1 aliphatic rings. The SMILES string of the molecule is COC(=O)[C@@H](C)Cc1cccc(C2(C)CCCC(C)(C)CS(=O)(=O)CCc3c(c(F)cc4c3ccn4S(=O)(=O)c3ccc(C)cc3)S(=O)c3ccc(F)c(c3)-c3nc2nn3C)n1. The smallest absolute Gasteiger partial charge is 0.308 e. The number of sulfone groups is 1. The van der Waals surface area contributed by atoms with E-state index in [9.17, 15) is 25.8 Å². The number of pyridine rings is 1. The van der Waals surface area contributed by atoms with Crippen LogP contribution in [-0.2, 0) is 65.5 Å². The second-order valence-electron chi connectivity index (χ2n) is 17.2. The Morgan fingerprint density at radius 3 is 2.42 bits per heavy atom. The Hall–Kier alpha value is -5.13. The number of hydrogen-bond donors (Lipinski definition) is 0. The predicted octanol–water partition coefficient (Wildman–Crippen LogP) is 7.65. The van der Waals surface area contributed by atoms with E-state index >= 15 is 8.78 Å². The van der Waals surface area contributed by atoms with Gasteiger partial charge in [-0.05, 0) is 92.6 Å². The molecular weight excluding hydrogens is 857 g/mol. The van der Waals surface area contributed by atoms with Gasteiger partial charge in [0, 0.05) is 41.7 Å². The third-order valence-electron chi connectivity index (χ3n) is 11.7. The number of methoxy groups -OCH3 is 1. The molecule has 328 valence electrons. The van der Waals surface area contributed by atoms with Gasteiger partial charge in [-0.2, -0.15) is 5.10 Å². The summed E-state index contributed by atoms with van der Waals surface area (Å²) in [6.45, 7) is 9.20. The number of esters is 1. The summed E-state index contributed by atoms with van der Waals surface area (Å²) in [5.41, 5.74) is 0.313. The quantitative estimate of drug-likeness (QED) is 0.152. The fourth-order valence-electron chi connectivity index (χ4n) is 8.29. The Morgan fingerprint density at radius 1 is 0.984 bits per heavy atom. The molecule has 1 aliphatic heterocycles. The maximum atomic E-state index is 16.7. The van der Waals surface area contributed by atoms with Crippen LogP contribution in [0.15, 0.2) is 93.7 Å². The van der Waals surface area contributed by atoms with E-state index in [1.54, 1.807) is 26.1 Å². The molecule has 4 bridgehead atoms. The molecule has 6 aromatic rings. The molecule has 0 saturated heterocycles. The highest BCUT2D eigenvalue weighted by Crippen LogP contribution is 2.40. The number of hydrogen-bond acceptors (Lipinski definition) is 10. The topological polar surface area (TPSA) is 160 Å². The van der Waals surface area contributed by atoms with Crippen molar-refractivity contribution in [3.05, 3.63) is 119 Å². The van der Waals surface area contributed by atoms with Crippen molar-refractivity contribution < 1.29 is 39.4 Å². The minimum absolute atomic E-state index is 0.000813. The molecule has 17 heteroatoms. The molecule has 4 heterocycles. The number of benzene rings is 3. The Morgan fingerprint density at radius 2 is 1.71 bits per heavy atom. The second-order valence-corrected chi connectivity index (χ2v) is 22.6. The number of nitrogens with zero attached hydrogens (tertiary/aromatic N) is 5. The zero-order valence-corrected chi connectivity index (χ0v) is 38.1. The Balaban J connectivity index is 1.39. The van der Waals surface area contributed by atoms with Crippen LogP contribution in [0.3, 0.4) is 0 Å². The van der Waals surface area contributed by atoms with Crippen LogP contribution in [0.1, 0.15) is 75.3 Å². The van der Waals surface area contributed by atoms with Crippen LogP contribution >= 0.6 is 0 Å². The van der Waals surface area contributed by atoms with Gasteiger partial charge in [-0.3, -0.25) is 9.78 Å². The van der Waals surface area contributed by atoms with Gasteiger partial charge in [-0.25, -0.2) is 43.5 Å². The summed E-state index contributed by atoms with van der Waals surface area (Å²) in [4.78, 5) is 21.7. The van der Waals surface area contributed by atoms with Crippen LogP contribution in [0.4, 0.5) is 8.78 Å². The van der Waals surface area contributed by atoms with Crippen molar-refractivity contribution in [2.45, 2.75) is 86.8 Å². The first-order chi connectivity index (χ1) is 29.1. The fourth-order valence-corrected chi connectivity index (χ4v) is 12.9. The molecule has 3 aromatic carbocycles. The van der Waals surface area contributed by atoms with Crippen molar-refractivity contribution in [1.82, 2.24) is 23.7 Å². The summed E-state index contributed by atoms with van der Waals surface area (Å²) in [5, 5.41) is 4.99. The molecule has 0 radical (unpaired) electrons. The number of rotatable bonds is 6. The molecule has 0 aliphatic carbocycles. The molecule has 0 N–H and O–H groups in total. The van der Waals surface area contributed by atoms with Crippen molar-refractivity contribution in [2.75, 3.05) is 18.6 Å². The number of carbonyl (C=O) groups is 1. The van der Waals surface area contributed by atoms with Crippen LogP contribution in [0.25, 0.3) is 22.3 Å². The van der Waals surface area contributed by atoms with E-state index in [1.165, 1.54) is 48.3 Å². The highest BCUT2D eigenvalue weighted by molar-refractivity contribution is 7.91. The van der Waals surface area contributed by atoms with Gasteiger partial charge < -0.3 is 4.74 Å². The zero-order valence-electron chi connectivity index (χ0n) is 35.6. The first-order valence-electron chi connectivity index (χ1n) is 20.2. The highest BCUT2D eigenvalue weighted by Gasteiger charge is 2.38. The monoisotopic (exact) mass is 905 g/mol. The molecule has 0 saturated carbocycles. The number of aromatic nitrogens is 5. The van der Waals surface area contributed by atoms with Crippen LogP contribution in [0.5, 0.6) is 0 Å². The lowest BCUT2D eigenvalue weighted by molar-refractivity contribution is -0.144.